The third-order valence-corrected chi connectivity index (χ3v) is 5.30. The van der Waals surface area contributed by atoms with Crippen molar-refractivity contribution in [1.82, 2.24) is 16.0 Å². The zero-order valence-corrected chi connectivity index (χ0v) is 23.9. The maximum atomic E-state index is 13.3. The maximum absolute atomic E-state index is 13.3. The molecule has 0 aromatic heterocycles. The summed E-state index contributed by atoms with van der Waals surface area (Å²) in [5.41, 5.74) is 10.7. The van der Waals surface area contributed by atoms with Crippen LogP contribution in [0.15, 0.2) is 35.3 Å². The van der Waals surface area contributed by atoms with E-state index < -0.39 is 54.2 Å². The Labute approximate surface area is 235 Å². The summed E-state index contributed by atoms with van der Waals surface area (Å²) in [6, 6.07) is 5.61. The van der Waals surface area contributed by atoms with Gasteiger partial charge in [-0.1, -0.05) is 44.2 Å². The van der Waals surface area contributed by atoms with Crippen molar-refractivity contribution in [2.24, 2.45) is 22.4 Å². The second-order valence-corrected chi connectivity index (χ2v) is 10.7. The first kappa shape index (κ1) is 34.2. The molecule has 0 saturated heterocycles. The number of nitrogens with zero attached hydrogens (tertiary/aromatic N) is 1. The molecule has 0 heterocycles. The smallest absolute Gasteiger partial charge is 0.408 e. The Kier molecular flexibility index (Phi) is 14.5. The number of guanidine groups is 1. The molecule has 0 unspecified atom stereocenters. The van der Waals surface area contributed by atoms with E-state index in [1.54, 1.807) is 32.9 Å². The van der Waals surface area contributed by atoms with Crippen LogP contribution in [0.4, 0.5) is 4.79 Å². The van der Waals surface area contributed by atoms with E-state index in [1.807, 2.05) is 32.0 Å². The monoisotopic (exact) mass is 564 g/mol. The molecule has 13 heteroatoms. The third-order valence-electron chi connectivity index (χ3n) is 5.30. The van der Waals surface area contributed by atoms with E-state index in [2.05, 4.69) is 20.9 Å². The number of carbonyl (C=O) groups is 4. The number of nitrogens with two attached hydrogens (primary N) is 2. The van der Waals surface area contributed by atoms with Crippen molar-refractivity contribution in [3.8, 4) is 0 Å². The minimum atomic E-state index is -1.36. The summed E-state index contributed by atoms with van der Waals surface area (Å²) >= 11 is 0. The topological polar surface area (TPSA) is 207 Å². The Bertz CT molecular complexity index is 991. The molecular weight excluding hydrogens is 520 g/mol. The highest BCUT2D eigenvalue weighted by Gasteiger charge is 2.31. The summed E-state index contributed by atoms with van der Waals surface area (Å²) in [5, 5.41) is 17.2. The molecule has 0 saturated carbocycles. The summed E-state index contributed by atoms with van der Waals surface area (Å²) in [5.74, 6) is -2.18. The van der Waals surface area contributed by atoms with Gasteiger partial charge in [0.15, 0.2) is 5.96 Å². The standard InChI is InChI=1S/C27H44N6O7/c1-17(2)14-20(32-23(36)21(15-34)33-26(38)40-27(3,4)5)22(35)31-19(12-9-13-30-25(28)29)24(37)39-16-18-10-7-6-8-11-18/h6-8,10-11,17,19-21,34H,9,12-16H2,1-5H3,(H,31,35)(H,32,36)(H,33,38)(H4,28,29,30)/t19-,20-,21-/m0/s1. The first-order valence-corrected chi connectivity index (χ1v) is 13.2. The molecule has 3 atom stereocenters. The second kappa shape index (κ2) is 17.0. The molecule has 0 bridgehead atoms. The summed E-state index contributed by atoms with van der Waals surface area (Å²) < 4.78 is 10.6. The molecule has 40 heavy (non-hydrogen) atoms. The number of nitrogens with one attached hydrogen (secondary N) is 3. The molecule has 0 spiro atoms. The number of aliphatic hydroxyl groups is 1. The predicted octanol–water partition coefficient (Wildman–Crippen LogP) is 0.685. The van der Waals surface area contributed by atoms with Crippen molar-refractivity contribution in [2.45, 2.75) is 84.2 Å². The number of benzene rings is 1. The summed E-state index contributed by atoms with van der Waals surface area (Å²) in [6.07, 6.45) is -0.120. The minimum absolute atomic E-state index is 0.0145. The van der Waals surface area contributed by atoms with Gasteiger partial charge in [0.1, 0.15) is 30.3 Å². The Morgan fingerprint density at radius 1 is 0.950 bits per heavy atom. The van der Waals surface area contributed by atoms with E-state index in [1.165, 1.54) is 0 Å². The number of hydrogen-bond donors (Lipinski definition) is 6. The van der Waals surface area contributed by atoms with E-state index in [4.69, 9.17) is 20.9 Å². The first-order chi connectivity index (χ1) is 18.7. The van der Waals surface area contributed by atoms with Crippen molar-refractivity contribution in [2.75, 3.05) is 13.2 Å². The van der Waals surface area contributed by atoms with Gasteiger partial charge in [0.25, 0.3) is 0 Å². The summed E-state index contributed by atoms with van der Waals surface area (Å²) in [7, 11) is 0. The quantitative estimate of drug-likeness (QED) is 0.0765. The van der Waals surface area contributed by atoms with Gasteiger partial charge in [0, 0.05) is 6.54 Å². The molecule has 8 N–H and O–H groups in total. The second-order valence-electron chi connectivity index (χ2n) is 10.7. The largest absolute Gasteiger partial charge is 0.459 e. The van der Waals surface area contributed by atoms with Crippen molar-refractivity contribution in [3.63, 3.8) is 0 Å². The van der Waals surface area contributed by atoms with Crippen LogP contribution in [-0.4, -0.2) is 71.8 Å². The van der Waals surface area contributed by atoms with Crippen molar-refractivity contribution in [1.29, 1.82) is 0 Å². The lowest BCUT2D eigenvalue weighted by molar-refractivity contribution is -0.149. The number of carbonyl (C=O) groups excluding carboxylic acids is 4. The molecule has 1 aromatic carbocycles. The van der Waals surface area contributed by atoms with Gasteiger partial charge < -0.3 is 42.0 Å². The molecule has 0 radical (unpaired) electrons. The average Bonchev–Trinajstić information content (AvgIpc) is 2.86. The number of hydrogen-bond acceptors (Lipinski definition) is 8. The highest BCUT2D eigenvalue weighted by atomic mass is 16.6. The van der Waals surface area contributed by atoms with Gasteiger partial charge in [0.2, 0.25) is 11.8 Å². The fraction of sp³-hybridized carbons (Fsp3) is 0.593. The number of esters is 1. The van der Waals surface area contributed by atoms with Gasteiger partial charge in [-0.2, -0.15) is 0 Å². The number of ether oxygens (including phenoxy) is 2. The molecule has 224 valence electrons. The van der Waals surface area contributed by atoms with E-state index >= 15 is 0 Å². The van der Waals surface area contributed by atoms with Gasteiger partial charge in [-0.05, 0) is 51.5 Å². The molecular formula is C27H44N6O7. The molecule has 1 aromatic rings. The van der Waals surface area contributed by atoms with Crippen molar-refractivity contribution >= 4 is 29.8 Å². The highest BCUT2D eigenvalue weighted by molar-refractivity contribution is 5.93. The number of aliphatic hydroxyl groups excluding tert-OH is 1. The highest BCUT2D eigenvalue weighted by Crippen LogP contribution is 2.10. The third kappa shape index (κ3) is 14.3. The lowest BCUT2D eigenvalue weighted by Gasteiger charge is -2.26. The lowest BCUT2D eigenvalue weighted by Crippen LogP contribution is -2.57. The summed E-state index contributed by atoms with van der Waals surface area (Å²) in [6.45, 7) is 8.21. The van der Waals surface area contributed by atoms with Crippen molar-refractivity contribution in [3.05, 3.63) is 35.9 Å². The SMILES string of the molecule is CC(C)C[C@H](NC(=O)[C@H](CO)NC(=O)OC(C)(C)C)C(=O)N[C@@H](CCCN=C(N)N)C(=O)OCc1ccccc1. The molecule has 0 fully saturated rings. The van der Waals surface area contributed by atoms with E-state index in [0.29, 0.717) is 6.42 Å². The number of aliphatic imine (C=N–C) groups is 1. The Morgan fingerprint density at radius 2 is 1.55 bits per heavy atom. The fourth-order valence-corrected chi connectivity index (χ4v) is 3.47. The van der Waals surface area contributed by atoms with E-state index in [0.717, 1.165) is 5.56 Å². The minimum Gasteiger partial charge on any atom is -0.459 e. The van der Waals surface area contributed by atoms with Gasteiger partial charge in [-0.15, -0.1) is 0 Å². The van der Waals surface area contributed by atoms with Gasteiger partial charge in [-0.3, -0.25) is 14.6 Å². The van der Waals surface area contributed by atoms with Crippen LogP contribution < -0.4 is 27.4 Å². The maximum Gasteiger partial charge on any atom is 0.408 e. The Balaban J connectivity index is 2.97. The molecule has 1 rings (SSSR count). The molecule has 13 nitrogen and oxygen atoms in total. The zero-order valence-electron chi connectivity index (χ0n) is 23.9. The van der Waals surface area contributed by atoms with Crippen LogP contribution in [0.3, 0.4) is 0 Å². The zero-order chi connectivity index (χ0) is 30.3. The fourth-order valence-electron chi connectivity index (χ4n) is 3.47. The van der Waals surface area contributed by atoms with Crippen LogP contribution >= 0.6 is 0 Å². The van der Waals surface area contributed by atoms with Crippen LogP contribution in [0.5, 0.6) is 0 Å². The number of rotatable bonds is 15. The molecule has 0 aliphatic rings. The van der Waals surface area contributed by atoms with Crippen LogP contribution in [0.1, 0.15) is 59.4 Å². The van der Waals surface area contributed by atoms with Crippen LogP contribution in [0.25, 0.3) is 0 Å². The number of alkyl carbamates (subject to hydrolysis) is 1. The lowest BCUT2D eigenvalue weighted by atomic mass is 10.0. The van der Waals surface area contributed by atoms with Gasteiger partial charge in [-0.25, -0.2) is 9.59 Å². The van der Waals surface area contributed by atoms with E-state index in [-0.39, 0.29) is 37.9 Å². The number of amides is 3. The normalized spacial score (nSPS) is 13.4. The van der Waals surface area contributed by atoms with Gasteiger partial charge in [0.05, 0.1) is 6.61 Å². The first-order valence-electron chi connectivity index (χ1n) is 13.2. The van der Waals surface area contributed by atoms with Crippen LogP contribution in [0, 0.1) is 5.92 Å². The molecule has 0 aliphatic carbocycles. The molecule has 0 aliphatic heterocycles. The van der Waals surface area contributed by atoms with Crippen LogP contribution in [-0.2, 0) is 30.5 Å². The Hall–Kier alpha value is -3.87. The van der Waals surface area contributed by atoms with E-state index in [9.17, 15) is 24.3 Å². The summed E-state index contributed by atoms with van der Waals surface area (Å²) in [4.78, 5) is 55.1. The van der Waals surface area contributed by atoms with Gasteiger partial charge >= 0.3 is 12.1 Å². The average molecular weight is 565 g/mol. The van der Waals surface area contributed by atoms with Crippen molar-refractivity contribution < 1.29 is 33.8 Å². The Morgan fingerprint density at radius 3 is 2.10 bits per heavy atom. The molecule has 3 amide bonds. The predicted molar refractivity (Wildman–Crippen MR) is 150 cm³/mol. The van der Waals surface area contributed by atoms with Crippen LogP contribution in [0.2, 0.25) is 0 Å².